The molecule has 5 heteroatoms. The van der Waals surface area contributed by atoms with Crippen LogP contribution >= 0.6 is 24.2 Å². The van der Waals surface area contributed by atoms with Crippen molar-refractivity contribution < 1.29 is 4.79 Å². The van der Waals surface area contributed by atoms with E-state index in [1.165, 1.54) is 16.0 Å². The van der Waals surface area contributed by atoms with Gasteiger partial charge in [-0.2, -0.15) is 0 Å². The quantitative estimate of drug-likeness (QED) is 0.861. The lowest BCUT2D eigenvalue weighted by atomic mass is 10.1. The number of fused-ring (bicyclic) bond motifs is 1. The average Bonchev–Trinajstić information content (AvgIpc) is 2.97. The summed E-state index contributed by atoms with van der Waals surface area (Å²) in [5, 5.41) is 6.31. The predicted octanol–water partition coefficient (Wildman–Crippen LogP) is 3.87. The van der Waals surface area contributed by atoms with E-state index in [-0.39, 0.29) is 23.6 Å². The molecule has 1 amide bonds. The molecular weight excluding hydrogens is 328 g/mol. The number of carbonyl (C=O) groups is 1. The van der Waals surface area contributed by atoms with Crippen LogP contribution in [0.15, 0.2) is 53.4 Å². The van der Waals surface area contributed by atoms with Gasteiger partial charge in [0.2, 0.25) is 5.91 Å². The minimum absolute atomic E-state index is 0. The van der Waals surface area contributed by atoms with Gasteiger partial charge in [0.15, 0.2) is 0 Å². The van der Waals surface area contributed by atoms with E-state index in [1.807, 2.05) is 30.3 Å². The first-order valence-corrected chi connectivity index (χ1v) is 8.49. The normalized spacial score (nSPS) is 15.6. The zero-order chi connectivity index (χ0) is 15.4. The molecule has 1 aliphatic heterocycles. The van der Waals surface area contributed by atoms with Gasteiger partial charge in [-0.05, 0) is 42.3 Å². The molecule has 0 spiro atoms. The first-order valence-electron chi connectivity index (χ1n) is 7.61. The third-order valence-corrected chi connectivity index (χ3v) is 5.03. The van der Waals surface area contributed by atoms with E-state index in [1.54, 1.807) is 11.8 Å². The number of benzene rings is 2. The van der Waals surface area contributed by atoms with Crippen LogP contribution in [-0.4, -0.2) is 17.7 Å². The van der Waals surface area contributed by atoms with Crippen molar-refractivity contribution >= 4 is 35.8 Å². The van der Waals surface area contributed by atoms with Gasteiger partial charge in [0.1, 0.15) is 0 Å². The number of hydrogen-bond acceptors (Lipinski definition) is 3. The van der Waals surface area contributed by atoms with Gasteiger partial charge in [-0.15, -0.1) is 24.2 Å². The van der Waals surface area contributed by atoms with E-state index in [0.717, 1.165) is 25.2 Å². The fraction of sp³-hybridized carbons (Fsp3) is 0.278. The van der Waals surface area contributed by atoms with Crippen molar-refractivity contribution in [1.29, 1.82) is 0 Å². The maximum Gasteiger partial charge on any atom is 0.238 e. The second-order valence-corrected chi connectivity index (χ2v) is 6.63. The number of anilines is 1. The van der Waals surface area contributed by atoms with E-state index in [0.29, 0.717) is 0 Å². The monoisotopic (exact) mass is 348 g/mol. The summed E-state index contributed by atoms with van der Waals surface area (Å²) < 4.78 is 0. The lowest BCUT2D eigenvalue weighted by Crippen LogP contribution is -2.24. The van der Waals surface area contributed by atoms with Gasteiger partial charge in [0.25, 0.3) is 0 Å². The Hall–Kier alpha value is -1.49. The van der Waals surface area contributed by atoms with Crippen molar-refractivity contribution in [3.8, 4) is 0 Å². The third-order valence-electron chi connectivity index (χ3n) is 3.71. The first kappa shape index (κ1) is 17.9. The van der Waals surface area contributed by atoms with Crippen LogP contribution < -0.4 is 10.6 Å². The van der Waals surface area contributed by atoms with E-state index in [4.69, 9.17) is 0 Å². The molecule has 1 aliphatic rings. The number of nitrogens with one attached hydrogen (secondary N) is 2. The van der Waals surface area contributed by atoms with Crippen LogP contribution in [-0.2, 0) is 17.8 Å². The molecule has 2 aromatic rings. The maximum atomic E-state index is 12.5. The first-order chi connectivity index (χ1) is 10.8. The molecule has 2 aromatic carbocycles. The van der Waals surface area contributed by atoms with Gasteiger partial charge in [-0.1, -0.05) is 37.3 Å². The molecule has 0 bridgehead atoms. The molecular formula is C18H21ClN2OS. The predicted molar refractivity (Wildman–Crippen MR) is 99.5 cm³/mol. The van der Waals surface area contributed by atoms with E-state index >= 15 is 0 Å². The molecule has 122 valence electrons. The lowest BCUT2D eigenvalue weighted by molar-refractivity contribution is -0.115. The standard InChI is InChI=1S/C18H20N2OS.ClH/c1-2-19-12-13-6-5-8-15(10-13)20-18(21)17-11-14-7-3-4-9-16(14)22-17;/h3-10,17,19H,2,11-12H2,1H3,(H,20,21);1H. The number of hydrogen-bond donors (Lipinski definition) is 2. The highest BCUT2D eigenvalue weighted by Gasteiger charge is 2.27. The smallest absolute Gasteiger partial charge is 0.238 e. The van der Waals surface area contributed by atoms with Crippen LogP contribution in [0.2, 0.25) is 0 Å². The van der Waals surface area contributed by atoms with Crippen LogP contribution in [0, 0.1) is 0 Å². The summed E-state index contributed by atoms with van der Waals surface area (Å²) in [6.45, 7) is 3.85. The largest absolute Gasteiger partial charge is 0.325 e. The number of halogens is 1. The zero-order valence-corrected chi connectivity index (χ0v) is 14.7. The molecule has 3 rings (SSSR count). The summed E-state index contributed by atoms with van der Waals surface area (Å²) >= 11 is 1.66. The summed E-state index contributed by atoms with van der Waals surface area (Å²) in [5.41, 5.74) is 3.33. The fourth-order valence-corrected chi connectivity index (χ4v) is 3.77. The maximum absolute atomic E-state index is 12.5. The van der Waals surface area contributed by atoms with Crippen LogP contribution in [0.1, 0.15) is 18.1 Å². The molecule has 0 aromatic heterocycles. The minimum atomic E-state index is -0.0326. The molecule has 0 fully saturated rings. The average molecular weight is 349 g/mol. The number of thioether (sulfide) groups is 1. The van der Waals surface area contributed by atoms with Crippen molar-refractivity contribution in [3.05, 3.63) is 59.7 Å². The van der Waals surface area contributed by atoms with Gasteiger partial charge >= 0.3 is 0 Å². The van der Waals surface area contributed by atoms with Crippen molar-refractivity contribution in [3.63, 3.8) is 0 Å². The van der Waals surface area contributed by atoms with Crippen molar-refractivity contribution in [2.24, 2.45) is 0 Å². The fourth-order valence-electron chi connectivity index (χ4n) is 2.58. The topological polar surface area (TPSA) is 41.1 Å². The molecule has 0 saturated carbocycles. The number of rotatable bonds is 5. The molecule has 2 N–H and O–H groups in total. The molecule has 1 atom stereocenters. The molecule has 1 heterocycles. The third kappa shape index (κ3) is 4.50. The highest BCUT2D eigenvalue weighted by atomic mass is 35.5. The number of amides is 1. The summed E-state index contributed by atoms with van der Waals surface area (Å²) in [4.78, 5) is 13.7. The van der Waals surface area contributed by atoms with Crippen LogP contribution in [0.3, 0.4) is 0 Å². The molecule has 0 aliphatic carbocycles. The molecule has 0 radical (unpaired) electrons. The van der Waals surface area contributed by atoms with Crippen LogP contribution in [0.4, 0.5) is 5.69 Å². The lowest BCUT2D eigenvalue weighted by Gasteiger charge is -2.11. The Balaban J connectivity index is 0.00000192. The second kappa shape index (κ2) is 8.39. The van der Waals surface area contributed by atoms with E-state index < -0.39 is 0 Å². The number of carbonyl (C=O) groups excluding carboxylic acids is 1. The Kier molecular flexibility index (Phi) is 6.51. The molecule has 1 unspecified atom stereocenters. The summed E-state index contributed by atoms with van der Waals surface area (Å²) in [6.07, 6.45) is 0.809. The highest BCUT2D eigenvalue weighted by molar-refractivity contribution is 8.01. The minimum Gasteiger partial charge on any atom is -0.325 e. The Morgan fingerprint density at radius 3 is 2.83 bits per heavy atom. The van der Waals surface area contributed by atoms with Crippen molar-refractivity contribution in [2.75, 3.05) is 11.9 Å². The summed E-state index contributed by atoms with van der Waals surface area (Å²) in [6, 6.07) is 16.3. The van der Waals surface area contributed by atoms with E-state index in [9.17, 15) is 4.79 Å². The van der Waals surface area contributed by atoms with Gasteiger partial charge < -0.3 is 10.6 Å². The van der Waals surface area contributed by atoms with Crippen LogP contribution in [0.25, 0.3) is 0 Å². The second-order valence-electron chi connectivity index (χ2n) is 5.39. The summed E-state index contributed by atoms with van der Waals surface area (Å²) in [7, 11) is 0. The van der Waals surface area contributed by atoms with Gasteiger partial charge in [-0.3, -0.25) is 4.79 Å². The molecule has 3 nitrogen and oxygen atoms in total. The SMILES string of the molecule is CCNCc1cccc(NC(=O)C2Cc3ccccc3S2)c1.Cl. The van der Waals surface area contributed by atoms with E-state index in [2.05, 4.69) is 35.8 Å². The Labute approximate surface area is 147 Å². The highest BCUT2D eigenvalue weighted by Crippen LogP contribution is 2.37. The zero-order valence-electron chi connectivity index (χ0n) is 13.0. The Morgan fingerprint density at radius 2 is 2.04 bits per heavy atom. The van der Waals surface area contributed by atoms with Gasteiger partial charge in [0, 0.05) is 17.1 Å². The van der Waals surface area contributed by atoms with Crippen LogP contribution in [0.5, 0.6) is 0 Å². The molecule has 0 saturated heterocycles. The summed E-state index contributed by atoms with van der Waals surface area (Å²) in [5.74, 6) is 0.0850. The van der Waals surface area contributed by atoms with Crippen molar-refractivity contribution in [2.45, 2.75) is 30.0 Å². The Morgan fingerprint density at radius 1 is 1.22 bits per heavy atom. The Bertz CT molecular complexity index is 653. The van der Waals surface area contributed by atoms with Gasteiger partial charge in [-0.25, -0.2) is 0 Å². The van der Waals surface area contributed by atoms with Gasteiger partial charge in [0.05, 0.1) is 5.25 Å². The van der Waals surface area contributed by atoms with Crippen molar-refractivity contribution in [1.82, 2.24) is 5.32 Å². The molecule has 23 heavy (non-hydrogen) atoms.